The molecule has 0 radical (unpaired) electrons. The fourth-order valence-corrected chi connectivity index (χ4v) is 2.42. The second kappa shape index (κ2) is 10.2. The molecule has 0 aliphatic heterocycles. The van der Waals surface area contributed by atoms with Crippen LogP contribution in [0.3, 0.4) is 0 Å². The summed E-state index contributed by atoms with van der Waals surface area (Å²) in [6.07, 6.45) is -2.15. The Labute approximate surface area is 191 Å². The standard InChI is InChI=1S/C22H28N2O9/c1-13(18(26)32-21(2,3)4)17(25)14-9-10-15(16(11-14)24(29)30)12-23(19(27)31-8)20(28)33-22(5,6)7/h9-11H,1,12H2,2-8H3. The van der Waals surface area contributed by atoms with Crippen LogP contribution in [-0.2, 0) is 25.5 Å². The van der Waals surface area contributed by atoms with Crippen LogP contribution in [-0.4, -0.2) is 52.1 Å². The van der Waals surface area contributed by atoms with Crippen LogP contribution in [0.25, 0.3) is 0 Å². The van der Waals surface area contributed by atoms with Crippen LogP contribution in [0.2, 0.25) is 0 Å². The number of amides is 2. The van der Waals surface area contributed by atoms with E-state index < -0.39 is 57.9 Å². The van der Waals surface area contributed by atoms with Gasteiger partial charge < -0.3 is 14.2 Å². The van der Waals surface area contributed by atoms with Crippen LogP contribution >= 0.6 is 0 Å². The monoisotopic (exact) mass is 464 g/mol. The number of carbonyl (C=O) groups excluding carboxylic acids is 4. The molecule has 0 saturated heterocycles. The largest absolute Gasteiger partial charge is 0.456 e. The second-order valence-electron chi connectivity index (χ2n) is 8.95. The lowest BCUT2D eigenvalue weighted by Gasteiger charge is -2.25. The van der Waals surface area contributed by atoms with E-state index in [1.807, 2.05) is 0 Å². The zero-order valence-corrected chi connectivity index (χ0v) is 19.7. The molecule has 0 aromatic heterocycles. The SMILES string of the molecule is C=C(C(=O)OC(C)(C)C)C(=O)c1ccc(CN(C(=O)OC)C(=O)OC(C)(C)C)c([N+](=O)[O-])c1. The average molecular weight is 464 g/mol. The molecule has 2 amide bonds. The Hall–Kier alpha value is -3.76. The van der Waals surface area contributed by atoms with E-state index in [-0.39, 0.29) is 11.1 Å². The number of nitro groups is 1. The maximum Gasteiger partial charge on any atom is 0.420 e. The third-order valence-corrected chi connectivity index (χ3v) is 3.80. The summed E-state index contributed by atoms with van der Waals surface area (Å²) in [6.45, 7) is 12.5. The Morgan fingerprint density at radius 2 is 1.55 bits per heavy atom. The number of nitro benzene ring substituents is 1. The van der Waals surface area contributed by atoms with E-state index in [1.165, 1.54) is 12.1 Å². The van der Waals surface area contributed by atoms with Crippen molar-refractivity contribution in [3.63, 3.8) is 0 Å². The number of carbonyl (C=O) groups is 4. The van der Waals surface area contributed by atoms with E-state index in [1.54, 1.807) is 41.5 Å². The quantitative estimate of drug-likeness (QED) is 0.0885. The van der Waals surface area contributed by atoms with E-state index in [2.05, 4.69) is 11.3 Å². The summed E-state index contributed by atoms with van der Waals surface area (Å²) in [4.78, 5) is 60.6. The van der Waals surface area contributed by atoms with Gasteiger partial charge in [-0.3, -0.25) is 14.9 Å². The first kappa shape index (κ1) is 27.3. The Morgan fingerprint density at radius 1 is 1.00 bits per heavy atom. The maximum absolute atomic E-state index is 12.6. The second-order valence-corrected chi connectivity index (χ2v) is 8.95. The Kier molecular flexibility index (Phi) is 8.46. The van der Waals surface area contributed by atoms with Gasteiger partial charge in [0.1, 0.15) is 16.8 Å². The smallest absolute Gasteiger partial charge is 0.420 e. The predicted molar refractivity (Wildman–Crippen MR) is 117 cm³/mol. The van der Waals surface area contributed by atoms with E-state index in [0.29, 0.717) is 4.90 Å². The number of hydrogen-bond acceptors (Lipinski definition) is 9. The first-order chi connectivity index (χ1) is 15.0. The molecule has 0 aliphatic rings. The van der Waals surface area contributed by atoms with Crippen molar-refractivity contribution in [2.75, 3.05) is 7.11 Å². The Balaban J connectivity index is 3.29. The molecule has 0 atom stereocenters. The molecule has 0 aliphatic carbocycles. The van der Waals surface area contributed by atoms with Crippen molar-refractivity contribution in [2.24, 2.45) is 0 Å². The molecule has 33 heavy (non-hydrogen) atoms. The van der Waals surface area contributed by atoms with Crippen LogP contribution in [0.4, 0.5) is 15.3 Å². The Bertz CT molecular complexity index is 985. The van der Waals surface area contributed by atoms with Gasteiger partial charge in [0, 0.05) is 11.6 Å². The van der Waals surface area contributed by atoms with Gasteiger partial charge in [-0.25, -0.2) is 19.3 Å². The summed E-state index contributed by atoms with van der Waals surface area (Å²) in [5.41, 5.74) is -3.13. The number of ether oxygens (including phenoxy) is 3. The highest BCUT2D eigenvalue weighted by molar-refractivity contribution is 6.23. The number of imide groups is 1. The fourth-order valence-electron chi connectivity index (χ4n) is 2.42. The van der Waals surface area contributed by atoms with Gasteiger partial charge >= 0.3 is 18.2 Å². The minimum absolute atomic E-state index is 0.0734. The van der Waals surface area contributed by atoms with Gasteiger partial charge in [-0.2, -0.15) is 0 Å². The molecule has 0 bridgehead atoms. The zero-order chi connectivity index (χ0) is 25.7. The normalized spacial score (nSPS) is 11.2. The van der Waals surface area contributed by atoms with Gasteiger partial charge in [-0.05, 0) is 47.6 Å². The molecule has 0 unspecified atom stereocenters. The van der Waals surface area contributed by atoms with Crippen molar-refractivity contribution in [2.45, 2.75) is 59.3 Å². The summed E-state index contributed by atoms with van der Waals surface area (Å²) in [7, 11) is 1.04. The lowest BCUT2D eigenvalue weighted by atomic mass is 10.0. The number of hydrogen-bond donors (Lipinski definition) is 0. The van der Waals surface area contributed by atoms with E-state index in [9.17, 15) is 29.3 Å². The number of ketones is 1. The number of Topliss-reactive ketones (excluding diaryl/α,β-unsaturated/α-hetero) is 1. The molecule has 1 rings (SSSR count). The first-order valence-electron chi connectivity index (χ1n) is 9.79. The molecule has 0 heterocycles. The molecule has 0 saturated carbocycles. The summed E-state index contributed by atoms with van der Waals surface area (Å²) >= 11 is 0. The number of rotatable bonds is 6. The van der Waals surface area contributed by atoms with Crippen LogP contribution in [0.15, 0.2) is 30.4 Å². The molecule has 0 fully saturated rings. The first-order valence-corrected chi connectivity index (χ1v) is 9.79. The van der Waals surface area contributed by atoms with E-state index in [0.717, 1.165) is 13.2 Å². The van der Waals surface area contributed by atoms with Crippen LogP contribution in [0, 0.1) is 10.1 Å². The maximum atomic E-state index is 12.6. The predicted octanol–water partition coefficient (Wildman–Crippen LogP) is 4.18. The lowest BCUT2D eigenvalue weighted by molar-refractivity contribution is -0.385. The third kappa shape index (κ3) is 8.02. The Morgan fingerprint density at radius 3 is 2.00 bits per heavy atom. The molecular formula is C22H28N2O9. The van der Waals surface area contributed by atoms with E-state index in [4.69, 9.17) is 9.47 Å². The minimum atomic E-state index is -1.09. The van der Waals surface area contributed by atoms with Crippen LogP contribution in [0.1, 0.15) is 57.5 Å². The third-order valence-electron chi connectivity index (χ3n) is 3.80. The van der Waals surface area contributed by atoms with Gasteiger partial charge in [0.2, 0.25) is 0 Å². The van der Waals surface area contributed by atoms with Gasteiger partial charge in [0.15, 0.2) is 5.78 Å². The van der Waals surface area contributed by atoms with Gasteiger partial charge in [0.25, 0.3) is 5.69 Å². The van der Waals surface area contributed by atoms with Gasteiger partial charge in [0.05, 0.1) is 24.1 Å². The highest BCUT2D eigenvalue weighted by Crippen LogP contribution is 2.25. The molecule has 1 aromatic carbocycles. The number of esters is 1. The number of methoxy groups -OCH3 is 1. The summed E-state index contributed by atoms with van der Waals surface area (Å²) in [5, 5.41) is 11.6. The van der Waals surface area contributed by atoms with Crippen molar-refractivity contribution >= 4 is 29.6 Å². The van der Waals surface area contributed by atoms with Crippen molar-refractivity contribution in [3.8, 4) is 0 Å². The summed E-state index contributed by atoms with van der Waals surface area (Å²) in [6, 6.07) is 3.33. The topological polar surface area (TPSA) is 142 Å². The van der Waals surface area contributed by atoms with E-state index >= 15 is 0 Å². The highest BCUT2D eigenvalue weighted by Gasteiger charge is 2.31. The van der Waals surface area contributed by atoms with Crippen molar-refractivity contribution in [1.82, 2.24) is 4.90 Å². The molecule has 1 aromatic rings. The van der Waals surface area contributed by atoms with Crippen LogP contribution in [0.5, 0.6) is 0 Å². The average Bonchev–Trinajstić information content (AvgIpc) is 2.67. The number of benzene rings is 1. The molecule has 11 nitrogen and oxygen atoms in total. The zero-order valence-electron chi connectivity index (χ0n) is 19.7. The van der Waals surface area contributed by atoms with Crippen molar-refractivity contribution in [3.05, 3.63) is 51.6 Å². The molecule has 0 spiro atoms. The minimum Gasteiger partial charge on any atom is -0.456 e. The molecule has 180 valence electrons. The van der Waals surface area contributed by atoms with Crippen molar-refractivity contribution in [1.29, 1.82) is 0 Å². The molecule has 11 heteroatoms. The summed E-state index contributed by atoms with van der Waals surface area (Å²) < 4.78 is 14.8. The lowest BCUT2D eigenvalue weighted by Crippen LogP contribution is -2.40. The molecule has 0 N–H and O–H groups in total. The summed E-state index contributed by atoms with van der Waals surface area (Å²) in [5.74, 6) is -1.82. The molecular weight excluding hydrogens is 436 g/mol. The highest BCUT2D eigenvalue weighted by atomic mass is 16.6. The number of nitrogens with zero attached hydrogens (tertiary/aromatic N) is 2. The van der Waals surface area contributed by atoms with Crippen LogP contribution < -0.4 is 0 Å². The van der Waals surface area contributed by atoms with Gasteiger partial charge in [-0.1, -0.05) is 12.6 Å². The van der Waals surface area contributed by atoms with Crippen molar-refractivity contribution < 1.29 is 38.3 Å². The fraction of sp³-hybridized carbons (Fsp3) is 0.455. The van der Waals surface area contributed by atoms with Gasteiger partial charge in [-0.15, -0.1) is 0 Å².